The highest BCUT2D eigenvalue weighted by atomic mass is 32.1. The molecule has 0 fully saturated rings. The van der Waals surface area contributed by atoms with E-state index < -0.39 is 6.10 Å². The van der Waals surface area contributed by atoms with E-state index >= 15 is 0 Å². The molecule has 0 saturated heterocycles. The molecule has 0 aliphatic carbocycles. The molecule has 0 spiro atoms. The van der Waals surface area contributed by atoms with Crippen molar-refractivity contribution in [2.45, 2.75) is 19.4 Å². The molecule has 1 aromatic carbocycles. The van der Waals surface area contributed by atoms with Gasteiger partial charge in [0.2, 0.25) is 0 Å². The minimum absolute atomic E-state index is 0.666. The van der Waals surface area contributed by atoms with Crippen molar-refractivity contribution < 1.29 is 14.6 Å². The summed E-state index contributed by atoms with van der Waals surface area (Å²) in [6.45, 7) is 2.11. The number of aliphatic hydroxyl groups excluding tert-OH is 1. The summed E-state index contributed by atoms with van der Waals surface area (Å²) in [6, 6.07) is 9.46. The second-order valence-electron chi connectivity index (χ2n) is 4.17. The first-order valence-corrected chi connectivity index (χ1v) is 6.99. The van der Waals surface area contributed by atoms with Crippen LogP contribution in [0.4, 0.5) is 0 Å². The van der Waals surface area contributed by atoms with E-state index in [4.69, 9.17) is 9.47 Å². The van der Waals surface area contributed by atoms with Crippen molar-refractivity contribution in [2.24, 2.45) is 0 Å². The number of ether oxygens (including phenoxy) is 2. The highest BCUT2D eigenvalue weighted by Gasteiger charge is 2.18. The minimum atomic E-state index is -0.685. The van der Waals surface area contributed by atoms with Crippen LogP contribution in [0.3, 0.4) is 0 Å². The highest BCUT2D eigenvalue weighted by molar-refractivity contribution is 7.12. The van der Waals surface area contributed by atoms with Crippen LogP contribution in [0.2, 0.25) is 0 Å². The van der Waals surface area contributed by atoms with Crippen LogP contribution >= 0.6 is 11.3 Å². The molecule has 0 aliphatic heterocycles. The second kappa shape index (κ2) is 6.08. The Kier molecular flexibility index (Phi) is 4.45. The number of benzene rings is 1. The molecule has 1 heterocycles. The first-order chi connectivity index (χ1) is 9.19. The second-order valence-corrected chi connectivity index (χ2v) is 5.37. The quantitative estimate of drug-likeness (QED) is 0.911. The van der Waals surface area contributed by atoms with E-state index in [1.807, 2.05) is 24.3 Å². The molecule has 102 valence electrons. The van der Waals surface area contributed by atoms with Gasteiger partial charge in [0.25, 0.3) is 0 Å². The van der Waals surface area contributed by atoms with Gasteiger partial charge in [-0.15, -0.1) is 11.3 Å². The summed E-state index contributed by atoms with van der Waals surface area (Å²) in [7, 11) is 3.21. The Labute approximate surface area is 117 Å². The van der Waals surface area contributed by atoms with Crippen LogP contribution in [-0.2, 0) is 6.42 Å². The topological polar surface area (TPSA) is 38.7 Å². The Morgan fingerprint density at radius 3 is 2.53 bits per heavy atom. The van der Waals surface area contributed by atoms with Crippen molar-refractivity contribution in [3.05, 3.63) is 45.6 Å². The summed E-state index contributed by atoms with van der Waals surface area (Å²) in [4.78, 5) is 2.18. The van der Waals surface area contributed by atoms with Crippen LogP contribution in [-0.4, -0.2) is 19.3 Å². The van der Waals surface area contributed by atoms with E-state index in [2.05, 4.69) is 13.0 Å². The summed E-state index contributed by atoms with van der Waals surface area (Å²) >= 11 is 1.62. The van der Waals surface area contributed by atoms with Crippen molar-refractivity contribution in [3.63, 3.8) is 0 Å². The normalized spacial score (nSPS) is 12.2. The fraction of sp³-hybridized carbons (Fsp3) is 0.333. The molecular formula is C15H18O3S. The molecule has 4 heteroatoms. The summed E-state index contributed by atoms with van der Waals surface area (Å²) in [6.07, 6.45) is 0.294. The number of rotatable bonds is 5. The van der Waals surface area contributed by atoms with Crippen molar-refractivity contribution >= 4 is 11.3 Å². The van der Waals surface area contributed by atoms with Crippen LogP contribution in [0.25, 0.3) is 0 Å². The molecule has 3 nitrogen and oxygen atoms in total. The van der Waals surface area contributed by atoms with E-state index in [1.54, 1.807) is 25.6 Å². The zero-order valence-corrected chi connectivity index (χ0v) is 12.2. The molecule has 19 heavy (non-hydrogen) atoms. The van der Waals surface area contributed by atoms with E-state index in [0.29, 0.717) is 11.5 Å². The number of hydrogen-bond acceptors (Lipinski definition) is 4. The number of aliphatic hydroxyl groups is 1. The molecular weight excluding hydrogens is 260 g/mol. The smallest absolute Gasteiger partial charge is 0.125 e. The number of methoxy groups -OCH3 is 2. The average molecular weight is 278 g/mol. The van der Waals surface area contributed by atoms with E-state index in [0.717, 1.165) is 16.9 Å². The van der Waals surface area contributed by atoms with Gasteiger partial charge in [-0.1, -0.05) is 6.92 Å². The molecule has 0 aliphatic rings. The SMILES string of the molecule is CCc1ccc(C(O)c2cc(OC)ccc2OC)s1. The molecule has 1 aromatic heterocycles. The van der Waals surface area contributed by atoms with E-state index in [-0.39, 0.29) is 0 Å². The summed E-state index contributed by atoms with van der Waals surface area (Å²) in [5.41, 5.74) is 0.728. The van der Waals surface area contributed by atoms with Crippen LogP contribution in [0.5, 0.6) is 11.5 Å². The third-order valence-corrected chi connectivity index (χ3v) is 4.31. The van der Waals surface area contributed by atoms with Crippen LogP contribution in [0.15, 0.2) is 30.3 Å². The first kappa shape index (κ1) is 13.9. The van der Waals surface area contributed by atoms with Crippen molar-refractivity contribution in [3.8, 4) is 11.5 Å². The number of aryl methyl sites for hydroxylation is 1. The van der Waals surface area contributed by atoms with Crippen molar-refractivity contribution in [1.29, 1.82) is 0 Å². The summed E-state index contributed by atoms with van der Waals surface area (Å²) < 4.78 is 10.5. The molecule has 1 unspecified atom stereocenters. The third kappa shape index (κ3) is 2.91. The molecule has 0 saturated carbocycles. The lowest BCUT2D eigenvalue weighted by Gasteiger charge is -2.14. The van der Waals surface area contributed by atoms with Crippen LogP contribution in [0.1, 0.15) is 28.3 Å². The maximum Gasteiger partial charge on any atom is 0.125 e. The highest BCUT2D eigenvalue weighted by Crippen LogP contribution is 2.35. The monoisotopic (exact) mass is 278 g/mol. The Balaban J connectivity index is 2.38. The van der Waals surface area contributed by atoms with Gasteiger partial charge in [0.15, 0.2) is 0 Å². The fourth-order valence-corrected chi connectivity index (χ4v) is 2.90. The van der Waals surface area contributed by atoms with Crippen LogP contribution in [0, 0.1) is 0 Å². The first-order valence-electron chi connectivity index (χ1n) is 6.18. The lowest BCUT2D eigenvalue weighted by molar-refractivity contribution is 0.218. The molecule has 0 amide bonds. The predicted octanol–water partition coefficient (Wildman–Crippen LogP) is 3.41. The standard InChI is InChI=1S/C15H18O3S/c1-4-11-6-8-14(19-11)15(16)12-9-10(17-2)5-7-13(12)18-3/h5-9,15-16H,4H2,1-3H3. The average Bonchev–Trinajstić information content (AvgIpc) is 2.94. The van der Waals surface area contributed by atoms with Gasteiger partial charge in [0.1, 0.15) is 17.6 Å². The van der Waals surface area contributed by atoms with Gasteiger partial charge in [-0.3, -0.25) is 0 Å². The van der Waals surface area contributed by atoms with Gasteiger partial charge in [0, 0.05) is 15.3 Å². The van der Waals surface area contributed by atoms with Gasteiger partial charge >= 0.3 is 0 Å². The Hall–Kier alpha value is -1.52. The van der Waals surface area contributed by atoms with Gasteiger partial charge in [-0.05, 0) is 36.8 Å². The maximum atomic E-state index is 10.5. The molecule has 1 N–H and O–H groups in total. The largest absolute Gasteiger partial charge is 0.497 e. The predicted molar refractivity (Wildman–Crippen MR) is 77.3 cm³/mol. The molecule has 1 atom stereocenters. The van der Waals surface area contributed by atoms with Gasteiger partial charge < -0.3 is 14.6 Å². The van der Waals surface area contributed by atoms with Gasteiger partial charge in [-0.2, -0.15) is 0 Å². The molecule has 0 bridgehead atoms. The number of hydrogen-bond donors (Lipinski definition) is 1. The summed E-state index contributed by atoms with van der Waals surface area (Å²) in [5, 5.41) is 10.5. The zero-order chi connectivity index (χ0) is 13.8. The van der Waals surface area contributed by atoms with Crippen molar-refractivity contribution in [1.82, 2.24) is 0 Å². The van der Waals surface area contributed by atoms with Gasteiger partial charge in [0.05, 0.1) is 14.2 Å². The third-order valence-electron chi connectivity index (χ3n) is 3.03. The summed E-state index contributed by atoms with van der Waals surface area (Å²) in [5.74, 6) is 1.38. The van der Waals surface area contributed by atoms with E-state index in [9.17, 15) is 5.11 Å². The molecule has 2 rings (SSSR count). The lowest BCUT2D eigenvalue weighted by atomic mass is 10.1. The Bertz CT molecular complexity index is 548. The van der Waals surface area contributed by atoms with Crippen LogP contribution < -0.4 is 9.47 Å². The lowest BCUT2D eigenvalue weighted by Crippen LogP contribution is -2.01. The minimum Gasteiger partial charge on any atom is -0.497 e. The maximum absolute atomic E-state index is 10.5. The van der Waals surface area contributed by atoms with E-state index in [1.165, 1.54) is 4.88 Å². The Morgan fingerprint density at radius 1 is 1.16 bits per heavy atom. The fourth-order valence-electron chi connectivity index (χ4n) is 1.94. The molecule has 2 aromatic rings. The van der Waals surface area contributed by atoms with Gasteiger partial charge in [-0.25, -0.2) is 0 Å². The molecule has 0 radical (unpaired) electrons. The van der Waals surface area contributed by atoms with Crippen molar-refractivity contribution in [2.75, 3.05) is 14.2 Å². The zero-order valence-electron chi connectivity index (χ0n) is 11.3. The number of thiophene rings is 1. The Morgan fingerprint density at radius 2 is 1.95 bits per heavy atom.